The second kappa shape index (κ2) is 4.40. The number of nitrogens with one attached hydrogen (secondary N) is 1. The summed E-state index contributed by atoms with van der Waals surface area (Å²) in [7, 11) is 0. The molecule has 0 amide bonds. The number of nitrogens with zero attached hydrogens (tertiary/aromatic N) is 2. The lowest BCUT2D eigenvalue weighted by atomic mass is 10.3. The smallest absolute Gasteiger partial charge is 0.311 e. The van der Waals surface area contributed by atoms with Crippen LogP contribution in [0.4, 0.5) is 17.3 Å². The Labute approximate surface area is 103 Å². The van der Waals surface area contributed by atoms with Gasteiger partial charge in [-0.15, -0.1) is 0 Å². The van der Waals surface area contributed by atoms with Crippen molar-refractivity contribution in [3.63, 3.8) is 0 Å². The van der Waals surface area contributed by atoms with Gasteiger partial charge in [-0.25, -0.2) is 4.98 Å². The quantitative estimate of drug-likeness (QED) is 0.615. The number of aromatic nitrogens is 1. The Morgan fingerprint density at radius 3 is 2.88 bits per heavy atom. The minimum Gasteiger partial charge on any atom is -0.384 e. The number of pyridine rings is 1. The largest absolute Gasteiger partial charge is 0.384 e. The molecule has 0 atom stereocenters. The van der Waals surface area contributed by atoms with Crippen LogP contribution in [0.2, 0.25) is 0 Å². The molecule has 0 aromatic carbocycles. The van der Waals surface area contributed by atoms with Gasteiger partial charge in [-0.2, -0.15) is 11.8 Å². The molecule has 1 heterocycles. The van der Waals surface area contributed by atoms with Crippen molar-refractivity contribution < 1.29 is 4.92 Å². The van der Waals surface area contributed by atoms with Crippen molar-refractivity contribution >= 4 is 29.1 Å². The van der Waals surface area contributed by atoms with Crippen LogP contribution in [0.5, 0.6) is 0 Å². The summed E-state index contributed by atoms with van der Waals surface area (Å²) in [5.74, 6) is 0.544. The van der Waals surface area contributed by atoms with Gasteiger partial charge in [-0.05, 0) is 25.2 Å². The predicted octanol–water partition coefficient (Wildman–Crippen LogP) is 1.88. The molecule has 0 unspecified atom stereocenters. The first-order valence-corrected chi connectivity index (χ1v) is 6.49. The van der Waals surface area contributed by atoms with Crippen LogP contribution >= 0.6 is 11.8 Å². The average Bonchev–Trinajstić information content (AvgIpc) is 3.07. The first-order valence-electron chi connectivity index (χ1n) is 5.26. The number of thioether (sulfide) groups is 1. The molecular formula is C10H14N4O2S. The Kier molecular flexibility index (Phi) is 3.10. The Bertz CT molecular complexity index is 448. The minimum absolute atomic E-state index is 0.0314. The normalized spacial score (nSPS) is 16.5. The number of hydrogen-bond donors (Lipinski definition) is 2. The van der Waals surface area contributed by atoms with Gasteiger partial charge in [0.15, 0.2) is 0 Å². The summed E-state index contributed by atoms with van der Waals surface area (Å²) in [4.78, 5) is 14.3. The molecule has 7 heteroatoms. The molecule has 0 bridgehead atoms. The van der Waals surface area contributed by atoms with Crippen LogP contribution < -0.4 is 11.1 Å². The topological polar surface area (TPSA) is 94.1 Å². The standard InChI is InChI=1S/C10H14N4O2S/c1-17-10(4-5-10)6-12-9-7(14(15)16)2-3-8(11)13-9/h2-3H,4-6H2,1H3,(H3,11,12,13). The molecule has 1 aromatic heterocycles. The SMILES string of the molecule is CSC1(CNc2nc(N)ccc2[N+](=O)[O-])CC1. The second-order valence-electron chi connectivity index (χ2n) is 4.10. The van der Waals surface area contributed by atoms with E-state index >= 15 is 0 Å². The molecule has 0 spiro atoms. The van der Waals surface area contributed by atoms with Crippen LogP contribution in [0.1, 0.15) is 12.8 Å². The zero-order valence-electron chi connectivity index (χ0n) is 9.47. The van der Waals surface area contributed by atoms with Crippen LogP contribution in [0.3, 0.4) is 0 Å². The first-order chi connectivity index (χ1) is 8.06. The second-order valence-corrected chi connectivity index (χ2v) is 5.38. The number of anilines is 2. The minimum atomic E-state index is -0.451. The van der Waals surface area contributed by atoms with Crippen LogP contribution in [0, 0.1) is 10.1 Å². The van der Waals surface area contributed by atoms with E-state index in [1.807, 2.05) is 0 Å². The van der Waals surface area contributed by atoms with Crippen molar-refractivity contribution in [3.8, 4) is 0 Å². The fourth-order valence-electron chi connectivity index (χ4n) is 1.58. The lowest BCUT2D eigenvalue weighted by molar-refractivity contribution is -0.384. The molecule has 1 aliphatic carbocycles. The van der Waals surface area contributed by atoms with Crippen molar-refractivity contribution in [2.24, 2.45) is 0 Å². The van der Waals surface area contributed by atoms with Crippen LogP contribution in [0.15, 0.2) is 12.1 Å². The molecular weight excluding hydrogens is 240 g/mol. The molecule has 0 saturated heterocycles. The van der Waals surface area contributed by atoms with Gasteiger partial charge >= 0.3 is 5.69 Å². The fourth-order valence-corrected chi connectivity index (χ4v) is 2.31. The molecule has 1 saturated carbocycles. The van der Waals surface area contributed by atoms with Crippen molar-refractivity contribution in [1.82, 2.24) is 4.98 Å². The summed E-state index contributed by atoms with van der Waals surface area (Å²) in [6, 6.07) is 2.81. The van der Waals surface area contributed by atoms with E-state index in [9.17, 15) is 10.1 Å². The molecule has 1 aliphatic rings. The predicted molar refractivity (Wildman–Crippen MR) is 69.3 cm³/mol. The summed E-state index contributed by atoms with van der Waals surface area (Å²) >= 11 is 1.78. The summed E-state index contributed by atoms with van der Waals surface area (Å²) in [6.45, 7) is 0.686. The van der Waals surface area contributed by atoms with E-state index in [4.69, 9.17) is 5.73 Å². The highest BCUT2D eigenvalue weighted by Gasteiger charge is 2.42. The molecule has 6 nitrogen and oxygen atoms in total. The van der Waals surface area contributed by atoms with Gasteiger partial charge in [0.05, 0.1) is 4.92 Å². The molecule has 1 fully saturated rings. The van der Waals surface area contributed by atoms with Gasteiger partial charge in [0, 0.05) is 17.4 Å². The molecule has 1 aromatic rings. The fraction of sp³-hybridized carbons (Fsp3) is 0.500. The van der Waals surface area contributed by atoms with E-state index in [1.165, 1.54) is 12.1 Å². The van der Waals surface area contributed by atoms with Gasteiger partial charge in [-0.3, -0.25) is 10.1 Å². The zero-order valence-corrected chi connectivity index (χ0v) is 10.3. The number of rotatable bonds is 5. The van der Waals surface area contributed by atoms with Gasteiger partial charge in [-0.1, -0.05) is 0 Å². The molecule has 17 heavy (non-hydrogen) atoms. The van der Waals surface area contributed by atoms with Crippen LogP contribution in [-0.2, 0) is 0 Å². The number of hydrogen-bond acceptors (Lipinski definition) is 6. The summed E-state index contributed by atoms with van der Waals surface area (Å²) in [6.07, 6.45) is 4.32. The lowest BCUT2D eigenvalue weighted by Gasteiger charge is -2.13. The van der Waals surface area contributed by atoms with Gasteiger partial charge in [0.1, 0.15) is 5.82 Å². The van der Waals surface area contributed by atoms with Gasteiger partial charge < -0.3 is 11.1 Å². The Balaban J connectivity index is 2.13. The van der Waals surface area contributed by atoms with Crippen molar-refractivity contribution in [2.45, 2.75) is 17.6 Å². The van der Waals surface area contributed by atoms with Crippen molar-refractivity contribution in [1.29, 1.82) is 0 Å². The Morgan fingerprint density at radius 2 is 2.35 bits per heavy atom. The van der Waals surface area contributed by atoms with E-state index in [-0.39, 0.29) is 22.1 Å². The molecule has 0 aliphatic heterocycles. The van der Waals surface area contributed by atoms with E-state index in [0.717, 1.165) is 12.8 Å². The highest BCUT2D eigenvalue weighted by atomic mass is 32.2. The van der Waals surface area contributed by atoms with E-state index in [0.29, 0.717) is 6.54 Å². The third kappa shape index (κ3) is 2.60. The maximum atomic E-state index is 10.8. The Morgan fingerprint density at radius 1 is 1.65 bits per heavy atom. The zero-order chi connectivity index (χ0) is 12.5. The average molecular weight is 254 g/mol. The number of nitrogens with two attached hydrogens (primary N) is 1. The third-order valence-electron chi connectivity index (χ3n) is 2.91. The Hall–Kier alpha value is -1.50. The van der Waals surface area contributed by atoms with Crippen molar-refractivity contribution in [3.05, 3.63) is 22.2 Å². The summed E-state index contributed by atoms with van der Waals surface area (Å²) < 4.78 is 0.222. The van der Waals surface area contributed by atoms with E-state index in [2.05, 4.69) is 16.6 Å². The first kappa shape index (κ1) is 12.0. The summed E-state index contributed by atoms with van der Waals surface area (Å²) in [5.41, 5.74) is 5.50. The van der Waals surface area contributed by atoms with Gasteiger partial charge in [0.25, 0.3) is 0 Å². The summed E-state index contributed by atoms with van der Waals surface area (Å²) in [5, 5.41) is 13.9. The maximum Gasteiger partial charge on any atom is 0.311 e. The molecule has 3 N–H and O–H groups in total. The van der Waals surface area contributed by atoms with E-state index in [1.54, 1.807) is 11.8 Å². The monoisotopic (exact) mass is 254 g/mol. The lowest BCUT2D eigenvalue weighted by Crippen LogP contribution is -2.19. The maximum absolute atomic E-state index is 10.8. The number of nitrogen functional groups attached to an aromatic ring is 1. The highest BCUT2D eigenvalue weighted by Crippen LogP contribution is 2.47. The molecule has 2 rings (SSSR count). The number of nitro groups is 1. The van der Waals surface area contributed by atoms with Crippen LogP contribution in [-0.4, -0.2) is 27.5 Å². The van der Waals surface area contributed by atoms with Gasteiger partial charge in [0.2, 0.25) is 5.82 Å². The molecule has 92 valence electrons. The van der Waals surface area contributed by atoms with Crippen molar-refractivity contribution in [2.75, 3.05) is 23.9 Å². The third-order valence-corrected chi connectivity index (χ3v) is 4.33. The van der Waals surface area contributed by atoms with E-state index < -0.39 is 4.92 Å². The highest BCUT2D eigenvalue weighted by molar-refractivity contribution is 8.00. The van der Waals surface area contributed by atoms with Crippen LogP contribution in [0.25, 0.3) is 0 Å². The molecule has 0 radical (unpaired) electrons.